The van der Waals surface area contributed by atoms with Crippen LogP contribution >= 0.6 is 0 Å². The van der Waals surface area contributed by atoms with Gasteiger partial charge in [-0.3, -0.25) is 0 Å². The molecule has 3 unspecified atom stereocenters. The number of hydrogen-bond acceptors (Lipinski definition) is 3. The molecule has 0 aromatic rings. The van der Waals surface area contributed by atoms with Gasteiger partial charge in [0.1, 0.15) is 0 Å². The van der Waals surface area contributed by atoms with Crippen LogP contribution in [0, 0.1) is 0 Å². The van der Waals surface area contributed by atoms with E-state index in [0.717, 1.165) is 32.5 Å². The van der Waals surface area contributed by atoms with Crippen LogP contribution in [0.2, 0.25) is 0 Å². The third kappa shape index (κ3) is 2.94. The van der Waals surface area contributed by atoms with Crippen LogP contribution in [0.15, 0.2) is 0 Å². The second-order valence-electron chi connectivity index (χ2n) is 4.52. The minimum atomic E-state index is 0.332. The van der Waals surface area contributed by atoms with Gasteiger partial charge in [0.15, 0.2) is 0 Å². The Morgan fingerprint density at radius 1 is 1.07 bits per heavy atom. The lowest BCUT2D eigenvalue weighted by atomic mass is 9.93. The molecule has 2 fully saturated rings. The van der Waals surface area contributed by atoms with Gasteiger partial charge in [0, 0.05) is 12.6 Å². The fraction of sp³-hybridized carbons (Fsp3) is 1.00. The normalized spacial score (nSPS) is 39.6. The zero-order valence-electron chi connectivity index (χ0n) is 8.78. The molecule has 2 aliphatic rings. The molecular formula is C11H21NO2. The molecule has 1 heterocycles. The smallest absolute Gasteiger partial charge is 0.0813 e. The van der Waals surface area contributed by atoms with E-state index in [1.54, 1.807) is 0 Å². The summed E-state index contributed by atoms with van der Waals surface area (Å²) >= 11 is 0. The minimum Gasteiger partial charge on any atom is -0.379 e. The first-order valence-corrected chi connectivity index (χ1v) is 5.83. The van der Waals surface area contributed by atoms with E-state index in [1.807, 2.05) is 0 Å². The Morgan fingerprint density at radius 2 is 1.93 bits per heavy atom. The first kappa shape index (κ1) is 10.4. The second kappa shape index (κ2) is 5.10. The maximum absolute atomic E-state index is 6.00. The number of rotatable bonds is 2. The molecule has 0 aromatic heterocycles. The third-order valence-corrected chi connectivity index (χ3v) is 3.17. The summed E-state index contributed by atoms with van der Waals surface area (Å²) in [6.07, 6.45) is 7.64. The van der Waals surface area contributed by atoms with Crippen molar-refractivity contribution in [3.8, 4) is 0 Å². The first-order chi connectivity index (χ1) is 6.84. The second-order valence-corrected chi connectivity index (χ2v) is 4.52. The number of hydrogen-bond donors (Lipinski definition) is 1. The van der Waals surface area contributed by atoms with Crippen LogP contribution < -0.4 is 5.73 Å². The van der Waals surface area contributed by atoms with Crippen LogP contribution in [-0.4, -0.2) is 31.5 Å². The quantitative estimate of drug-likeness (QED) is 0.732. The fourth-order valence-corrected chi connectivity index (χ4v) is 2.40. The zero-order chi connectivity index (χ0) is 9.80. The molecule has 1 aliphatic carbocycles. The van der Waals surface area contributed by atoms with Gasteiger partial charge in [-0.25, -0.2) is 0 Å². The van der Waals surface area contributed by atoms with Crippen molar-refractivity contribution in [2.24, 2.45) is 5.73 Å². The van der Waals surface area contributed by atoms with Gasteiger partial charge in [0.05, 0.1) is 18.8 Å². The van der Waals surface area contributed by atoms with Crippen molar-refractivity contribution in [3.05, 3.63) is 0 Å². The molecule has 3 atom stereocenters. The van der Waals surface area contributed by atoms with Crippen molar-refractivity contribution < 1.29 is 9.47 Å². The maximum Gasteiger partial charge on any atom is 0.0813 e. The molecule has 0 amide bonds. The highest BCUT2D eigenvalue weighted by atomic mass is 16.5. The SMILES string of the molecule is NC1CCCC(OC2CCCOC2)C1. The lowest BCUT2D eigenvalue weighted by Crippen LogP contribution is -2.36. The van der Waals surface area contributed by atoms with E-state index in [0.29, 0.717) is 18.2 Å². The molecule has 1 saturated heterocycles. The fourth-order valence-electron chi connectivity index (χ4n) is 2.40. The van der Waals surface area contributed by atoms with Gasteiger partial charge >= 0.3 is 0 Å². The Hall–Kier alpha value is -0.120. The molecule has 1 saturated carbocycles. The Morgan fingerprint density at radius 3 is 2.64 bits per heavy atom. The molecule has 0 spiro atoms. The van der Waals surface area contributed by atoms with Gasteiger partial charge in [0.25, 0.3) is 0 Å². The highest BCUT2D eigenvalue weighted by Gasteiger charge is 2.24. The summed E-state index contributed by atoms with van der Waals surface area (Å²) in [7, 11) is 0. The minimum absolute atomic E-state index is 0.332. The summed E-state index contributed by atoms with van der Waals surface area (Å²) in [4.78, 5) is 0. The summed E-state index contributed by atoms with van der Waals surface area (Å²) in [6.45, 7) is 1.69. The predicted molar refractivity (Wildman–Crippen MR) is 55.2 cm³/mol. The van der Waals surface area contributed by atoms with E-state index in [-0.39, 0.29) is 0 Å². The van der Waals surface area contributed by atoms with Crippen LogP contribution in [0.3, 0.4) is 0 Å². The summed E-state index contributed by atoms with van der Waals surface area (Å²) in [5.41, 5.74) is 5.92. The van der Waals surface area contributed by atoms with Crippen molar-refractivity contribution in [1.82, 2.24) is 0 Å². The Balaban J connectivity index is 1.72. The monoisotopic (exact) mass is 199 g/mol. The lowest BCUT2D eigenvalue weighted by molar-refractivity contribution is -0.0940. The summed E-state index contributed by atoms with van der Waals surface area (Å²) in [5.74, 6) is 0. The van der Waals surface area contributed by atoms with Gasteiger partial charge in [0.2, 0.25) is 0 Å². The number of nitrogens with two attached hydrogens (primary N) is 1. The van der Waals surface area contributed by atoms with E-state index in [4.69, 9.17) is 15.2 Å². The summed E-state index contributed by atoms with van der Waals surface area (Å²) in [5, 5.41) is 0. The molecule has 3 nitrogen and oxygen atoms in total. The predicted octanol–water partition coefficient (Wildman–Crippen LogP) is 1.45. The van der Waals surface area contributed by atoms with Crippen LogP contribution in [0.5, 0.6) is 0 Å². The Bertz CT molecular complexity index is 169. The van der Waals surface area contributed by atoms with Crippen LogP contribution in [-0.2, 0) is 9.47 Å². The molecule has 14 heavy (non-hydrogen) atoms. The Kier molecular flexibility index (Phi) is 3.79. The average Bonchev–Trinajstić information content (AvgIpc) is 2.19. The molecule has 2 N–H and O–H groups in total. The molecule has 0 radical (unpaired) electrons. The maximum atomic E-state index is 6.00. The number of ether oxygens (including phenoxy) is 2. The van der Waals surface area contributed by atoms with Crippen molar-refractivity contribution >= 4 is 0 Å². The van der Waals surface area contributed by atoms with Crippen molar-refractivity contribution in [3.63, 3.8) is 0 Å². The van der Waals surface area contributed by atoms with Crippen molar-refractivity contribution in [2.45, 2.75) is 56.8 Å². The van der Waals surface area contributed by atoms with Crippen LogP contribution in [0.4, 0.5) is 0 Å². The van der Waals surface area contributed by atoms with Gasteiger partial charge in [-0.15, -0.1) is 0 Å². The molecule has 82 valence electrons. The van der Waals surface area contributed by atoms with E-state index in [9.17, 15) is 0 Å². The highest BCUT2D eigenvalue weighted by Crippen LogP contribution is 2.23. The van der Waals surface area contributed by atoms with E-state index in [1.165, 1.54) is 19.3 Å². The van der Waals surface area contributed by atoms with Gasteiger partial charge < -0.3 is 15.2 Å². The molecule has 2 rings (SSSR count). The van der Waals surface area contributed by atoms with E-state index >= 15 is 0 Å². The summed E-state index contributed by atoms with van der Waals surface area (Å²) < 4.78 is 11.4. The molecule has 3 heteroatoms. The average molecular weight is 199 g/mol. The zero-order valence-corrected chi connectivity index (χ0v) is 8.78. The lowest BCUT2D eigenvalue weighted by Gasteiger charge is -2.32. The van der Waals surface area contributed by atoms with Gasteiger partial charge in [-0.05, 0) is 38.5 Å². The van der Waals surface area contributed by atoms with Crippen molar-refractivity contribution in [2.75, 3.05) is 13.2 Å². The highest BCUT2D eigenvalue weighted by molar-refractivity contribution is 4.77. The van der Waals surface area contributed by atoms with E-state index in [2.05, 4.69) is 0 Å². The first-order valence-electron chi connectivity index (χ1n) is 5.83. The largest absolute Gasteiger partial charge is 0.379 e. The van der Waals surface area contributed by atoms with Crippen LogP contribution in [0.25, 0.3) is 0 Å². The van der Waals surface area contributed by atoms with E-state index < -0.39 is 0 Å². The third-order valence-electron chi connectivity index (χ3n) is 3.17. The molecule has 0 aromatic carbocycles. The van der Waals surface area contributed by atoms with Gasteiger partial charge in [-0.2, -0.15) is 0 Å². The molecule has 0 bridgehead atoms. The van der Waals surface area contributed by atoms with Crippen LogP contribution in [0.1, 0.15) is 38.5 Å². The Labute approximate surface area is 85.9 Å². The topological polar surface area (TPSA) is 44.5 Å². The van der Waals surface area contributed by atoms with Gasteiger partial charge in [-0.1, -0.05) is 0 Å². The van der Waals surface area contributed by atoms with Crippen molar-refractivity contribution in [1.29, 1.82) is 0 Å². The summed E-state index contributed by atoms with van der Waals surface area (Å²) in [6, 6.07) is 0.359. The molecular weight excluding hydrogens is 178 g/mol. The molecule has 1 aliphatic heterocycles. The standard InChI is InChI=1S/C11H21NO2/c12-9-3-1-4-10(7-9)14-11-5-2-6-13-8-11/h9-11H,1-8,12H2.